The van der Waals surface area contributed by atoms with Gasteiger partial charge in [0.15, 0.2) is 5.78 Å². The van der Waals surface area contributed by atoms with Crippen molar-refractivity contribution in [2.75, 3.05) is 0 Å². The summed E-state index contributed by atoms with van der Waals surface area (Å²) < 4.78 is 0. The molecule has 0 spiro atoms. The van der Waals surface area contributed by atoms with E-state index in [0.29, 0.717) is 37.5 Å². The van der Waals surface area contributed by atoms with Crippen LogP contribution in [-0.2, 0) is 9.59 Å². The molecule has 0 aromatic carbocycles. The van der Waals surface area contributed by atoms with Gasteiger partial charge >= 0.3 is 5.97 Å². The Morgan fingerprint density at radius 3 is 2.50 bits per heavy atom. The number of aliphatic hydroxyl groups excluding tert-OH is 2. The van der Waals surface area contributed by atoms with E-state index in [4.69, 9.17) is 0 Å². The van der Waals surface area contributed by atoms with E-state index in [1.807, 2.05) is 0 Å². The summed E-state index contributed by atoms with van der Waals surface area (Å²) in [5, 5.41) is 31.2. The second-order valence-corrected chi connectivity index (χ2v) is 12.6. The van der Waals surface area contributed by atoms with Gasteiger partial charge in [0, 0.05) is 12.0 Å². The maximum atomic E-state index is 13.9. The van der Waals surface area contributed by atoms with Crippen LogP contribution in [-0.4, -0.2) is 39.3 Å². The van der Waals surface area contributed by atoms with Crippen LogP contribution >= 0.6 is 0 Å². The Morgan fingerprint density at radius 2 is 1.85 bits per heavy atom. The van der Waals surface area contributed by atoms with Crippen LogP contribution in [0.3, 0.4) is 0 Å². The first-order chi connectivity index (χ1) is 15.8. The molecule has 0 saturated heterocycles. The molecule has 0 aromatic rings. The van der Waals surface area contributed by atoms with Gasteiger partial charge in [0.05, 0.1) is 18.1 Å². The first-order valence-corrected chi connectivity index (χ1v) is 13.4. The lowest BCUT2D eigenvalue weighted by atomic mass is 9.48. The zero-order chi connectivity index (χ0) is 25.2. The molecule has 190 valence electrons. The van der Waals surface area contributed by atoms with Crippen LogP contribution in [0.15, 0.2) is 23.3 Å². The molecule has 2 saturated carbocycles. The van der Waals surface area contributed by atoms with Gasteiger partial charge < -0.3 is 15.3 Å². The van der Waals surface area contributed by atoms with Crippen molar-refractivity contribution in [2.45, 2.75) is 98.2 Å². The fourth-order valence-corrected chi connectivity index (χ4v) is 8.68. The zero-order valence-corrected chi connectivity index (χ0v) is 21.6. The van der Waals surface area contributed by atoms with Crippen molar-refractivity contribution >= 4 is 11.8 Å². The molecule has 0 heterocycles. The number of carbonyl (C=O) groups excluding carboxylic acids is 1. The number of rotatable bonds is 6. The quantitative estimate of drug-likeness (QED) is 0.464. The highest BCUT2D eigenvalue weighted by Crippen LogP contribution is 2.65. The number of carboxylic acid groups (broad SMARTS) is 1. The summed E-state index contributed by atoms with van der Waals surface area (Å²) in [6.45, 7) is 14.5. The first-order valence-electron chi connectivity index (χ1n) is 13.4. The monoisotopic (exact) mass is 472 g/mol. The highest BCUT2D eigenvalue weighted by Gasteiger charge is 2.61. The first kappa shape index (κ1) is 25.6. The lowest BCUT2D eigenvalue weighted by Crippen LogP contribution is -2.54. The maximum Gasteiger partial charge on any atom is 0.310 e. The van der Waals surface area contributed by atoms with E-state index >= 15 is 0 Å². The minimum atomic E-state index is -0.828. The zero-order valence-electron chi connectivity index (χ0n) is 21.6. The van der Waals surface area contributed by atoms with E-state index in [2.05, 4.69) is 34.3 Å². The predicted octanol–water partition coefficient (Wildman–Crippen LogP) is 5.16. The van der Waals surface area contributed by atoms with Gasteiger partial charge in [-0.05, 0) is 97.9 Å². The molecule has 5 nitrogen and oxygen atoms in total. The molecule has 2 fully saturated rings. The van der Waals surface area contributed by atoms with Gasteiger partial charge in [-0.1, -0.05) is 39.8 Å². The molecule has 0 amide bonds. The Bertz CT molecular complexity index is 904. The SMILES string of the molecule is C=C(CC[C@@H](C)[C@H]1CC[C@H]2C3=C(C(=O)C[C@]12C)[C@@]1(C)CC[C@@H](O)[C@@H](C)[C@@H]1C[C@H]3O)[C@@H](C)C(=O)O. The Kier molecular flexibility index (Phi) is 6.70. The topological polar surface area (TPSA) is 94.8 Å². The molecule has 0 radical (unpaired) electrons. The highest BCUT2D eigenvalue weighted by molar-refractivity contribution is 5.99. The van der Waals surface area contributed by atoms with Crippen LogP contribution < -0.4 is 0 Å². The van der Waals surface area contributed by atoms with Crippen LogP contribution in [0.4, 0.5) is 0 Å². The van der Waals surface area contributed by atoms with E-state index in [-0.39, 0.29) is 40.5 Å². The number of Topliss-reactive ketones (excluding diaryl/α,β-unsaturated/α-hetero) is 1. The Morgan fingerprint density at radius 1 is 1.18 bits per heavy atom. The molecule has 0 bridgehead atoms. The van der Waals surface area contributed by atoms with Crippen LogP contribution in [0.5, 0.6) is 0 Å². The van der Waals surface area contributed by atoms with Crippen molar-refractivity contribution in [1.29, 1.82) is 0 Å². The van der Waals surface area contributed by atoms with E-state index in [1.165, 1.54) is 0 Å². The molecular formula is C29H44O5. The largest absolute Gasteiger partial charge is 0.481 e. The second-order valence-electron chi connectivity index (χ2n) is 12.6. The van der Waals surface area contributed by atoms with Gasteiger partial charge in [-0.2, -0.15) is 0 Å². The standard InChI is InChI=1S/C29H44O5/c1-15(17(3)27(33)34)7-8-16(2)19-9-10-20-25-23(31)13-21-18(4)22(30)11-12-28(21,5)26(25)24(32)14-29(19,20)6/h16-23,30-31H,1,7-14H2,2-6H3,(H,33,34)/t16-,17-,18+,19-,20+,21+,22-,23-,28+,29-/m1/s1. The summed E-state index contributed by atoms with van der Waals surface area (Å²) in [5.74, 6) is 0.0224. The molecule has 4 rings (SSSR count). The van der Waals surface area contributed by atoms with Crippen molar-refractivity contribution in [1.82, 2.24) is 0 Å². The average molecular weight is 473 g/mol. The molecule has 0 unspecified atom stereocenters. The number of allylic oxidation sites excluding steroid dienone is 1. The summed E-state index contributed by atoms with van der Waals surface area (Å²) in [5.41, 5.74) is 2.28. The van der Waals surface area contributed by atoms with E-state index in [9.17, 15) is 24.9 Å². The fourth-order valence-electron chi connectivity index (χ4n) is 8.68. The number of carboxylic acids is 1. The predicted molar refractivity (Wildman–Crippen MR) is 132 cm³/mol. The van der Waals surface area contributed by atoms with Crippen molar-refractivity contribution in [3.8, 4) is 0 Å². The van der Waals surface area contributed by atoms with Gasteiger partial charge in [0.2, 0.25) is 0 Å². The van der Waals surface area contributed by atoms with Gasteiger partial charge in [0.1, 0.15) is 0 Å². The lowest BCUT2D eigenvalue weighted by Gasteiger charge is -2.57. The molecule has 10 atom stereocenters. The molecular weight excluding hydrogens is 428 g/mol. The van der Waals surface area contributed by atoms with Crippen molar-refractivity contribution in [3.63, 3.8) is 0 Å². The van der Waals surface area contributed by atoms with Gasteiger partial charge in [-0.15, -0.1) is 0 Å². The van der Waals surface area contributed by atoms with Crippen LogP contribution in [0.25, 0.3) is 0 Å². The summed E-state index contributed by atoms with van der Waals surface area (Å²) in [6, 6.07) is 0. The molecule has 34 heavy (non-hydrogen) atoms. The molecule has 5 heteroatoms. The minimum Gasteiger partial charge on any atom is -0.481 e. The summed E-state index contributed by atoms with van der Waals surface area (Å²) in [7, 11) is 0. The molecule has 3 N–H and O–H groups in total. The number of ketones is 1. The van der Waals surface area contributed by atoms with Crippen LogP contribution in [0.2, 0.25) is 0 Å². The van der Waals surface area contributed by atoms with Crippen LogP contribution in [0, 0.1) is 46.3 Å². The Labute approximate surface area is 204 Å². The van der Waals surface area contributed by atoms with Gasteiger partial charge in [-0.3, -0.25) is 9.59 Å². The van der Waals surface area contributed by atoms with Gasteiger partial charge in [0.25, 0.3) is 0 Å². The number of hydrogen-bond donors (Lipinski definition) is 3. The average Bonchev–Trinajstić information content (AvgIpc) is 3.11. The van der Waals surface area contributed by atoms with Crippen molar-refractivity contribution in [2.24, 2.45) is 46.3 Å². The fraction of sp³-hybridized carbons (Fsp3) is 0.793. The maximum absolute atomic E-state index is 13.9. The summed E-state index contributed by atoms with van der Waals surface area (Å²) in [6.07, 6.45) is 5.35. The number of aliphatic hydroxyl groups is 2. The summed E-state index contributed by atoms with van der Waals surface area (Å²) in [4.78, 5) is 25.2. The van der Waals surface area contributed by atoms with E-state index in [1.54, 1.807) is 6.92 Å². The second kappa shape index (κ2) is 8.89. The Balaban J connectivity index is 1.60. The lowest BCUT2D eigenvalue weighted by molar-refractivity contribution is -0.140. The molecule has 4 aliphatic rings. The van der Waals surface area contributed by atoms with Crippen LogP contribution in [0.1, 0.15) is 86.0 Å². The van der Waals surface area contributed by atoms with E-state index in [0.717, 1.165) is 42.4 Å². The minimum absolute atomic E-state index is 0.0844. The Hall–Kier alpha value is -1.46. The number of fused-ring (bicyclic) bond motifs is 4. The smallest absolute Gasteiger partial charge is 0.310 e. The number of carbonyl (C=O) groups is 2. The summed E-state index contributed by atoms with van der Waals surface area (Å²) >= 11 is 0. The number of aliphatic carboxylic acids is 1. The van der Waals surface area contributed by atoms with E-state index < -0.39 is 18.0 Å². The molecule has 0 aromatic heterocycles. The molecule has 4 aliphatic carbocycles. The normalized spacial score (nSPS) is 43.6. The van der Waals surface area contributed by atoms with Crippen molar-refractivity contribution in [3.05, 3.63) is 23.3 Å². The van der Waals surface area contributed by atoms with Gasteiger partial charge in [-0.25, -0.2) is 0 Å². The third-order valence-electron chi connectivity index (χ3n) is 10.9. The number of hydrogen-bond acceptors (Lipinski definition) is 4. The molecule has 0 aliphatic heterocycles. The third-order valence-corrected chi connectivity index (χ3v) is 10.9. The van der Waals surface area contributed by atoms with Crippen molar-refractivity contribution < 1.29 is 24.9 Å². The highest BCUT2D eigenvalue weighted by atomic mass is 16.4. The third kappa shape index (κ3) is 3.82.